The topological polar surface area (TPSA) is 80.4 Å². The molecule has 5 atom stereocenters. The Morgan fingerprint density at radius 2 is 1.88 bits per heavy atom. The molecule has 3 rings (SSSR count). The van der Waals surface area contributed by atoms with Gasteiger partial charge in [-0.1, -0.05) is 0 Å². The lowest BCUT2D eigenvalue weighted by Gasteiger charge is -2.55. The number of aliphatic carboxylic acids is 1. The molecule has 5 nitrogen and oxygen atoms in total. The fourth-order valence-corrected chi connectivity index (χ4v) is 5.21. The van der Waals surface area contributed by atoms with E-state index in [1.165, 1.54) is 0 Å². The van der Waals surface area contributed by atoms with Crippen LogP contribution in [0.15, 0.2) is 0 Å². The largest absolute Gasteiger partial charge is 0.481 e. The van der Waals surface area contributed by atoms with E-state index < -0.39 is 11.4 Å². The second kappa shape index (κ2) is 3.43. The summed E-state index contributed by atoms with van der Waals surface area (Å²) in [5.74, 6) is 1.08. The van der Waals surface area contributed by atoms with Crippen LogP contribution in [0.3, 0.4) is 0 Å². The highest BCUT2D eigenvalue weighted by Gasteiger charge is 2.70. The number of hydrogen-bond acceptors (Lipinski definition) is 3. The number of carboxylic acid groups (broad SMARTS) is 1. The molecule has 3 aliphatic carbocycles. The molecule has 3 aliphatic rings. The number of nitro groups is 1. The monoisotopic (exact) mass is 239 g/mol. The zero-order valence-corrected chi connectivity index (χ0v) is 9.67. The smallest absolute Gasteiger partial charge is 0.304 e. The zero-order valence-electron chi connectivity index (χ0n) is 9.67. The van der Waals surface area contributed by atoms with Gasteiger partial charge in [0.15, 0.2) is 0 Å². The van der Waals surface area contributed by atoms with E-state index in [1.54, 1.807) is 0 Å². The Kier molecular flexibility index (Phi) is 2.22. The van der Waals surface area contributed by atoms with Crippen LogP contribution in [0.5, 0.6) is 0 Å². The first-order valence-electron chi connectivity index (χ1n) is 6.38. The highest BCUT2D eigenvalue weighted by Crippen LogP contribution is 2.72. The average Bonchev–Trinajstić information content (AvgIpc) is 2.68. The Hall–Kier alpha value is -1.13. The van der Waals surface area contributed by atoms with Crippen LogP contribution >= 0.6 is 0 Å². The number of nitrogens with zero attached hydrogens (tertiary/aromatic N) is 1. The van der Waals surface area contributed by atoms with E-state index in [1.807, 2.05) is 0 Å². The van der Waals surface area contributed by atoms with Crippen molar-refractivity contribution < 1.29 is 14.8 Å². The predicted molar refractivity (Wildman–Crippen MR) is 59.0 cm³/mol. The summed E-state index contributed by atoms with van der Waals surface area (Å²) in [5.41, 5.74) is -0.523. The lowest BCUT2D eigenvalue weighted by molar-refractivity contribution is -0.511. The summed E-state index contributed by atoms with van der Waals surface area (Å²) >= 11 is 0. The third kappa shape index (κ3) is 1.34. The lowest BCUT2D eigenvalue weighted by atomic mass is 9.47. The summed E-state index contributed by atoms with van der Waals surface area (Å²) in [6.07, 6.45) is 4.32. The molecular weight excluding hydrogens is 222 g/mol. The molecule has 0 radical (unpaired) electrons. The summed E-state index contributed by atoms with van der Waals surface area (Å²) in [6, 6.07) is 0. The van der Waals surface area contributed by atoms with Gasteiger partial charge in [-0.3, -0.25) is 14.9 Å². The number of rotatable bonds is 4. The maximum atomic E-state index is 11.0. The molecule has 0 spiro atoms. The van der Waals surface area contributed by atoms with Gasteiger partial charge in [0.2, 0.25) is 6.54 Å². The van der Waals surface area contributed by atoms with Gasteiger partial charge < -0.3 is 5.11 Å². The van der Waals surface area contributed by atoms with E-state index in [2.05, 4.69) is 0 Å². The minimum atomic E-state index is -0.874. The number of hydrogen-bond donors (Lipinski definition) is 1. The Morgan fingerprint density at radius 3 is 2.35 bits per heavy atom. The maximum Gasteiger partial charge on any atom is 0.304 e. The van der Waals surface area contributed by atoms with Gasteiger partial charge in [0, 0.05) is 4.92 Å². The number of carbonyl (C=O) groups is 1. The second-order valence-electron chi connectivity index (χ2n) is 6.00. The molecule has 5 heteroatoms. The molecule has 0 aromatic carbocycles. The Labute approximate surface area is 99.3 Å². The first-order valence-corrected chi connectivity index (χ1v) is 6.38. The normalized spacial score (nSPS) is 46.4. The van der Waals surface area contributed by atoms with E-state index >= 15 is 0 Å². The van der Waals surface area contributed by atoms with Gasteiger partial charge in [-0.05, 0) is 49.4 Å². The molecule has 0 saturated heterocycles. The molecule has 1 N–H and O–H groups in total. The predicted octanol–water partition coefficient (Wildman–Crippen LogP) is 1.79. The third-order valence-electron chi connectivity index (χ3n) is 5.55. The van der Waals surface area contributed by atoms with E-state index in [0.717, 1.165) is 31.6 Å². The molecular formula is C12H17NO4. The average molecular weight is 239 g/mol. The summed E-state index contributed by atoms with van der Waals surface area (Å²) in [4.78, 5) is 21.6. The summed E-state index contributed by atoms with van der Waals surface area (Å²) in [5, 5.41) is 19.9. The molecule has 3 fully saturated rings. The van der Waals surface area contributed by atoms with E-state index in [9.17, 15) is 14.9 Å². The first kappa shape index (κ1) is 11.0. The Morgan fingerprint density at radius 1 is 1.29 bits per heavy atom. The van der Waals surface area contributed by atoms with Gasteiger partial charge in [-0.25, -0.2) is 0 Å². The summed E-state index contributed by atoms with van der Waals surface area (Å²) in [6.45, 7) is -0.141. The molecule has 0 bridgehead atoms. The van der Waals surface area contributed by atoms with Crippen molar-refractivity contribution in [3.05, 3.63) is 10.1 Å². The molecule has 0 aromatic rings. The Balaban J connectivity index is 1.89. The first-order chi connectivity index (χ1) is 8.04. The summed E-state index contributed by atoms with van der Waals surface area (Å²) < 4.78 is 0. The highest BCUT2D eigenvalue weighted by molar-refractivity contribution is 5.68. The van der Waals surface area contributed by atoms with E-state index in [0.29, 0.717) is 17.8 Å². The van der Waals surface area contributed by atoms with Crippen molar-refractivity contribution in [3.63, 3.8) is 0 Å². The van der Waals surface area contributed by atoms with Gasteiger partial charge >= 0.3 is 5.97 Å². The van der Waals surface area contributed by atoms with Gasteiger partial charge in [-0.2, -0.15) is 0 Å². The van der Waals surface area contributed by atoms with Crippen molar-refractivity contribution in [2.45, 2.75) is 32.1 Å². The van der Waals surface area contributed by atoms with Crippen LogP contribution in [0.25, 0.3) is 0 Å². The van der Waals surface area contributed by atoms with Gasteiger partial charge in [0.05, 0.1) is 11.8 Å². The molecule has 0 unspecified atom stereocenters. The van der Waals surface area contributed by atoms with Crippen molar-refractivity contribution in [3.8, 4) is 0 Å². The molecule has 0 amide bonds. The van der Waals surface area contributed by atoms with Crippen LogP contribution in [0.4, 0.5) is 0 Å². The van der Waals surface area contributed by atoms with Crippen LogP contribution < -0.4 is 0 Å². The van der Waals surface area contributed by atoms with Crippen molar-refractivity contribution in [2.24, 2.45) is 29.1 Å². The van der Waals surface area contributed by atoms with E-state index in [-0.39, 0.29) is 17.9 Å². The fraction of sp³-hybridized carbons (Fsp3) is 0.917. The molecule has 94 valence electrons. The lowest BCUT2D eigenvalue weighted by Crippen LogP contribution is -2.58. The van der Waals surface area contributed by atoms with Crippen LogP contribution in [0.2, 0.25) is 0 Å². The van der Waals surface area contributed by atoms with Crippen molar-refractivity contribution in [1.29, 1.82) is 0 Å². The maximum absolute atomic E-state index is 11.0. The standard InChI is InChI=1S/C12H17NO4/c14-10(15)5-12(6-13(16)17)8-3-1-7-2-4-9(12)11(7)8/h7-9,11H,1-6H2,(H,14,15)/t7-,8-,9+,11+,12-. The number of carboxylic acids is 1. The van der Waals surface area contributed by atoms with Gasteiger partial charge in [-0.15, -0.1) is 0 Å². The minimum Gasteiger partial charge on any atom is -0.481 e. The summed E-state index contributed by atoms with van der Waals surface area (Å²) in [7, 11) is 0. The zero-order chi connectivity index (χ0) is 12.2. The van der Waals surface area contributed by atoms with Crippen LogP contribution in [-0.4, -0.2) is 22.5 Å². The quantitative estimate of drug-likeness (QED) is 0.599. The highest BCUT2D eigenvalue weighted by atomic mass is 16.6. The van der Waals surface area contributed by atoms with Crippen LogP contribution in [0, 0.1) is 39.2 Å². The second-order valence-corrected chi connectivity index (χ2v) is 6.00. The van der Waals surface area contributed by atoms with E-state index in [4.69, 9.17) is 5.11 Å². The van der Waals surface area contributed by atoms with Crippen molar-refractivity contribution in [2.75, 3.05) is 6.54 Å². The molecule has 0 heterocycles. The van der Waals surface area contributed by atoms with Gasteiger partial charge in [0.25, 0.3) is 0 Å². The Bertz CT molecular complexity index is 347. The van der Waals surface area contributed by atoms with Crippen molar-refractivity contribution in [1.82, 2.24) is 0 Å². The van der Waals surface area contributed by atoms with Crippen LogP contribution in [0.1, 0.15) is 32.1 Å². The third-order valence-corrected chi connectivity index (χ3v) is 5.55. The fourth-order valence-electron chi connectivity index (χ4n) is 5.21. The van der Waals surface area contributed by atoms with Crippen LogP contribution in [-0.2, 0) is 4.79 Å². The van der Waals surface area contributed by atoms with Gasteiger partial charge in [0.1, 0.15) is 0 Å². The molecule has 0 aliphatic heterocycles. The van der Waals surface area contributed by atoms with Crippen molar-refractivity contribution >= 4 is 5.97 Å². The minimum absolute atomic E-state index is 0.00741. The molecule has 17 heavy (non-hydrogen) atoms. The SMILES string of the molecule is O=C(O)C[C@@]1(C[N+](=O)[O-])[C@@H]2CC[C@@H]3CC[C@H]1[C@@H]32. The molecule has 0 aromatic heterocycles. The molecule has 3 saturated carbocycles.